The zero-order chi connectivity index (χ0) is 19.0. The Morgan fingerprint density at radius 1 is 1.00 bits per heavy atom. The van der Waals surface area contributed by atoms with Gasteiger partial charge in [-0.15, -0.1) is 0 Å². The van der Waals surface area contributed by atoms with E-state index in [0.717, 1.165) is 17.0 Å². The molecule has 0 amide bonds. The van der Waals surface area contributed by atoms with Crippen molar-refractivity contribution in [1.82, 2.24) is 0 Å². The second kappa shape index (κ2) is 6.92. The molecule has 0 bridgehead atoms. The van der Waals surface area contributed by atoms with E-state index in [1.807, 2.05) is 21.0 Å². The van der Waals surface area contributed by atoms with Crippen molar-refractivity contribution in [2.24, 2.45) is 0 Å². The molecule has 0 aromatic heterocycles. The molecule has 1 aliphatic rings. The molecule has 0 spiro atoms. The minimum absolute atomic E-state index is 0.652. The lowest BCUT2D eigenvalue weighted by atomic mass is 10.0. The highest BCUT2D eigenvalue weighted by atomic mass is 16.5. The maximum atomic E-state index is 5.89. The van der Waals surface area contributed by atoms with E-state index >= 15 is 0 Å². The molecule has 0 aliphatic carbocycles. The number of hydrogen-bond donors (Lipinski definition) is 0. The number of rotatable bonds is 5. The summed E-state index contributed by atoms with van der Waals surface area (Å²) in [6.45, 7) is 2.67. The first-order valence-corrected chi connectivity index (χ1v) is 9.35. The van der Waals surface area contributed by atoms with Crippen molar-refractivity contribution >= 4 is 33.9 Å². The number of benzene rings is 3. The molecule has 3 aromatic carbocycles. The van der Waals surface area contributed by atoms with Crippen molar-refractivity contribution < 1.29 is 9.31 Å². The summed E-state index contributed by atoms with van der Waals surface area (Å²) in [6.07, 6.45) is 4.35. The van der Waals surface area contributed by atoms with E-state index in [-0.39, 0.29) is 0 Å². The van der Waals surface area contributed by atoms with Crippen LogP contribution < -0.4 is 9.64 Å². The van der Waals surface area contributed by atoms with Crippen molar-refractivity contribution in [1.29, 1.82) is 0 Å². The highest BCUT2D eigenvalue weighted by Gasteiger charge is 2.27. The summed E-state index contributed by atoms with van der Waals surface area (Å²) in [5, 5.41) is 2.61. The van der Waals surface area contributed by atoms with Gasteiger partial charge in [0.2, 0.25) is 11.4 Å². The number of ether oxygens (including phenoxy) is 1. The van der Waals surface area contributed by atoms with E-state index in [9.17, 15) is 0 Å². The Labute approximate surface area is 160 Å². The smallest absolute Gasteiger partial charge is 0.214 e. The second-order valence-electron chi connectivity index (χ2n) is 7.01. The Bertz CT molecular complexity index is 1070. The predicted molar refractivity (Wildman–Crippen MR) is 115 cm³/mol. The Morgan fingerprint density at radius 3 is 2.52 bits per heavy atom. The molecule has 0 saturated heterocycles. The van der Waals surface area contributed by atoms with Crippen molar-refractivity contribution in [3.63, 3.8) is 0 Å². The van der Waals surface area contributed by atoms with E-state index < -0.39 is 0 Å². The maximum Gasteiger partial charge on any atom is 0.214 e. The summed E-state index contributed by atoms with van der Waals surface area (Å²) in [5.41, 5.74) is 5.98. The van der Waals surface area contributed by atoms with Crippen molar-refractivity contribution in [3.05, 3.63) is 71.8 Å². The van der Waals surface area contributed by atoms with Gasteiger partial charge in [0.1, 0.15) is 12.8 Å². The Morgan fingerprint density at radius 2 is 1.78 bits per heavy atom. The van der Waals surface area contributed by atoms with Crippen LogP contribution in [0.25, 0.3) is 16.8 Å². The van der Waals surface area contributed by atoms with Crippen LogP contribution in [-0.4, -0.2) is 38.0 Å². The van der Waals surface area contributed by atoms with E-state index in [2.05, 4.69) is 83.3 Å². The summed E-state index contributed by atoms with van der Waals surface area (Å²) in [4.78, 5) is 2.09. The highest BCUT2D eigenvalue weighted by Crippen LogP contribution is 2.35. The molecule has 0 saturated carbocycles. The second-order valence-corrected chi connectivity index (χ2v) is 7.01. The summed E-state index contributed by atoms with van der Waals surface area (Å²) in [6, 6.07) is 19.3. The van der Waals surface area contributed by atoms with Gasteiger partial charge in [-0.2, -0.15) is 4.58 Å². The molecule has 1 heterocycles. The van der Waals surface area contributed by atoms with Gasteiger partial charge >= 0.3 is 0 Å². The predicted octanol–water partition coefficient (Wildman–Crippen LogP) is 5.09. The van der Waals surface area contributed by atoms with Crippen LogP contribution in [0, 0.1) is 0 Å². The molecule has 3 aromatic rings. The van der Waals surface area contributed by atoms with Gasteiger partial charge in [-0.05, 0) is 36.6 Å². The summed E-state index contributed by atoms with van der Waals surface area (Å²) >= 11 is 0. The number of allylic oxidation sites excluding steroid dienone is 1. The number of hydrogen-bond acceptors (Lipinski definition) is 2. The van der Waals surface area contributed by atoms with Crippen molar-refractivity contribution in [3.8, 4) is 5.75 Å². The topological polar surface area (TPSA) is 15.5 Å². The first-order valence-electron chi connectivity index (χ1n) is 9.35. The molecule has 27 heavy (non-hydrogen) atoms. The molecule has 1 aliphatic heterocycles. The summed E-state index contributed by atoms with van der Waals surface area (Å²) < 4.78 is 8.16. The van der Waals surface area contributed by atoms with Crippen LogP contribution in [0.1, 0.15) is 18.1 Å². The molecule has 3 nitrogen and oxygen atoms in total. The molecule has 3 heteroatoms. The van der Waals surface area contributed by atoms with Crippen LogP contribution in [0.4, 0.5) is 11.4 Å². The molecule has 4 rings (SSSR count). The van der Waals surface area contributed by atoms with Gasteiger partial charge in [0, 0.05) is 43.6 Å². The Balaban J connectivity index is 1.76. The molecule has 0 fully saturated rings. The van der Waals surface area contributed by atoms with Crippen molar-refractivity contribution in [2.75, 3.05) is 32.6 Å². The zero-order valence-corrected chi connectivity index (χ0v) is 16.4. The average molecular weight is 357 g/mol. The van der Waals surface area contributed by atoms with Gasteiger partial charge in [-0.1, -0.05) is 24.3 Å². The minimum Gasteiger partial charge on any atom is -0.493 e. The van der Waals surface area contributed by atoms with Crippen LogP contribution >= 0.6 is 0 Å². The Kier molecular flexibility index (Phi) is 4.44. The van der Waals surface area contributed by atoms with Crippen LogP contribution in [0.2, 0.25) is 0 Å². The van der Waals surface area contributed by atoms with Crippen molar-refractivity contribution in [2.45, 2.75) is 6.92 Å². The molecule has 0 atom stereocenters. The normalized spacial score (nSPS) is 13.0. The van der Waals surface area contributed by atoms with Crippen LogP contribution in [-0.2, 0) is 0 Å². The van der Waals surface area contributed by atoms with Crippen LogP contribution in [0.3, 0.4) is 0 Å². The molecule has 0 N–H and O–H groups in total. The lowest BCUT2D eigenvalue weighted by Gasteiger charge is -2.15. The van der Waals surface area contributed by atoms with Gasteiger partial charge in [-0.3, -0.25) is 0 Å². The molecule has 136 valence electrons. The van der Waals surface area contributed by atoms with Gasteiger partial charge < -0.3 is 9.64 Å². The standard InChI is InChI=1S/C24H25N2O/c1-5-27-23-16-19(25(2)3)14-12-17(23)13-15-21-20-10-6-8-18-9-7-11-22(24(18)20)26(21)4/h6-16H,5H2,1-4H3/q+1. The van der Waals surface area contributed by atoms with E-state index in [1.54, 1.807) is 0 Å². The SMILES string of the molecule is CCOc1cc(N(C)C)ccc1/C=C/C1=[N+](C)c2cccc3cccc1c23. The molecule has 0 radical (unpaired) electrons. The fraction of sp³-hybridized carbons (Fsp3) is 0.208. The lowest BCUT2D eigenvalue weighted by molar-refractivity contribution is -0.399. The van der Waals surface area contributed by atoms with Gasteiger partial charge in [0.05, 0.1) is 17.6 Å². The first-order chi connectivity index (χ1) is 13.1. The fourth-order valence-electron chi connectivity index (χ4n) is 3.71. The van der Waals surface area contributed by atoms with Gasteiger partial charge in [-0.25, -0.2) is 0 Å². The maximum absolute atomic E-state index is 5.89. The van der Waals surface area contributed by atoms with Crippen LogP contribution in [0.15, 0.2) is 60.7 Å². The summed E-state index contributed by atoms with van der Waals surface area (Å²) in [7, 11) is 6.22. The van der Waals surface area contributed by atoms with Gasteiger partial charge in [0.15, 0.2) is 0 Å². The summed E-state index contributed by atoms with van der Waals surface area (Å²) in [5.74, 6) is 0.914. The quantitative estimate of drug-likeness (QED) is 0.591. The van der Waals surface area contributed by atoms with E-state index in [0.29, 0.717) is 6.61 Å². The Hall–Kier alpha value is -3.07. The third-order valence-electron chi connectivity index (χ3n) is 5.12. The van der Waals surface area contributed by atoms with E-state index in [1.165, 1.54) is 27.7 Å². The molecular weight excluding hydrogens is 332 g/mol. The first kappa shape index (κ1) is 17.3. The number of anilines is 1. The van der Waals surface area contributed by atoms with E-state index in [4.69, 9.17) is 4.74 Å². The van der Waals surface area contributed by atoms with Crippen LogP contribution in [0.5, 0.6) is 5.75 Å². The minimum atomic E-state index is 0.652. The average Bonchev–Trinajstić information content (AvgIpc) is 2.95. The lowest BCUT2D eigenvalue weighted by Crippen LogP contribution is -2.09. The largest absolute Gasteiger partial charge is 0.493 e. The monoisotopic (exact) mass is 357 g/mol. The third-order valence-corrected chi connectivity index (χ3v) is 5.12. The third kappa shape index (κ3) is 2.99. The molecule has 0 unspecified atom stereocenters. The fourth-order valence-corrected chi connectivity index (χ4v) is 3.71. The molecular formula is C24H25N2O+. The number of nitrogens with zero attached hydrogens (tertiary/aromatic N) is 2. The zero-order valence-electron chi connectivity index (χ0n) is 16.4. The highest BCUT2D eigenvalue weighted by molar-refractivity contribution is 6.20. The van der Waals surface area contributed by atoms with Gasteiger partial charge in [0.25, 0.3) is 0 Å².